The van der Waals surface area contributed by atoms with Crippen LogP contribution < -0.4 is 9.47 Å². The highest BCUT2D eigenvalue weighted by molar-refractivity contribution is 7.07. The van der Waals surface area contributed by atoms with E-state index in [0.717, 1.165) is 56.8 Å². The summed E-state index contributed by atoms with van der Waals surface area (Å²) in [5.74, 6) is 0.822. The number of aromatic carboxylic acids is 1. The lowest BCUT2D eigenvalue weighted by Crippen LogP contribution is -2.32. The number of aryl methyl sites for hydroxylation is 2. The molecule has 0 atom stereocenters. The molecule has 1 aliphatic heterocycles. The number of methoxy groups -OCH3 is 2. The van der Waals surface area contributed by atoms with E-state index in [-0.39, 0.29) is 5.56 Å². The summed E-state index contributed by atoms with van der Waals surface area (Å²) >= 11 is 1.75. The number of hydrogen-bond donors (Lipinski definition) is 1. The Hall–Kier alpha value is -3.29. The van der Waals surface area contributed by atoms with Crippen molar-refractivity contribution < 1.29 is 19.4 Å². The van der Waals surface area contributed by atoms with Crippen LogP contribution in [0.4, 0.5) is 0 Å². The molecule has 2 aromatic carbocycles. The van der Waals surface area contributed by atoms with Gasteiger partial charge in [0.2, 0.25) is 0 Å². The number of thiophene rings is 1. The van der Waals surface area contributed by atoms with Crippen LogP contribution in [0, 0.1) is 0 Å². The third kappa shape index (κ3) is 5.13. The Kier molecular flexibility index (Phi) is 7.30. The Morgan fingerprint density at radius 1 is 1.06 bits per heavy atom. The van der Waals surface area contributed by atoms with E-state index in [1.807, 2.05) is 6.07 Å². The SMILES string of the molecule is COc1ccc2c(c1)c(C1CCN(Cc3ccc(OC)c(C(=O)O)c3)CC1)cn2CCc1ccsc1. The van der Waals surface area contributed by atoms with Crippen molar-refractivity contribution in [2.75, 3.05) is 27.3 Å². The summed E-state index contributed by atoms with van der Waals surface area (Å²) in [5.41, 5.74) is 5.28. The van der Waals surface area contributed by atoms with Gasteiger partial charge >= 0.3 is 5.97 Å². The van der Waals surface area contributed by atoms with Crippen LogP contribution in [0.15, 0.2) is 59.4 Å². The van der Waals surface area contributed by atoms with Crippen LogP contribution in [0.25, 0.3) is 10.9 Å². The summed E-state index contributed by atoms with van der Waals surface area (Å²) in [6, 6.07) is 14.1. The standard InChI is InChI=1S/C29H32N2O4S/c1-34-23-4-5-27-24(16-23)26(18-31(27)13-7-20-10-14-36-19-20)22-8-11-30(12-9-22)17-21-3-6-28(35-2)25(15-21)29(32)33/h3-6,10,14-16,18-19,22H,7-9,11-13,17H2,1-2H3,(H,32,33). The minimum atomic E-state index is -0.960. The van der Waals surface area contributed by atoms with Crippen molar-refractivity contribution >= 4 is 28.2 Å². The number of carboxylic acid groups (broad SMARTS) is 1. The largest absolute Gasteiger partial charge is 0.497 e. The lowest BCUT2D eigenvalue weighted by atomic mass is 9.89. The molecule has 5 rings (SSSR count). The second-order valence-corrected chi connectivity index (χ2v) is 10.2. The molecule has 0 spiro atoms. The smallest absolute Gasteiger partial charge is 0.339 e. The molecule has 0 bridgehead atoms. The molecule has 188 valence electrons. The summed E-state index contributed by atoms with van der Waals surface area (Å²) in [4.78, 5) is 14.0. The van der Waals surface area contributed by atoms with Gasteiger partial charge in [0.1, 0.15) is 17.1 Å². The first kappa shape index (κ1) is 24.4. The molecule has 36 heavy (non-hydrogen) atoms. The topological polar surface area (TPSA) is 63.9 Å². The molecule has 1 N–H and O–H groups in total. The maximum Gasteiger partial charge on any atom is 0.339 e. The number of carboxylic acids is 1. The van der Waals surface area contributed by atoms with Crippen molar-refractivity contribution in [2.24, 2.45) is 0 Å². The monoisotopic (exact) mass is 504 g/mol. The number of benzene rings is 2. The number of fused-ring (bicyclic) bond motifs is 1. The van der Waals surface area contributed by atoms with Crippen molar-refractivity contribution in [2.45, 2.75) is 38.3 Å². The number of piperidine rings is 1. The zero-order valence-electron chi connectivity index (χ0n) is 20.8. The summed E-state index contributed by atoms with van der Waals surface area (Å²) in [6.45, 7) is 3.66. The molecule has 1 aliphatic rings. The van der Waals surface area contributed by atoms with Crippen LogP contribution in [0.5, 0.6) is 11.5 Å². The minimum Gasteiger partial charge on any atom is -0.497 e. The van der Waals surface area contributed by atoms with E-state index in [2.05, 4.69) is 50.7 Å². The molecule has 1 saturated heterocycles. The van der Waals surface area contributed by atoms with Gasteiger partial charge in [-0.3, -0.25) is 4.90 Å². The third-order valence-corrected chi connectivity index (χ3v) is 8.00. The summed E-state index contributed by atoms with van der Waals surface area (Å²) in [6.07, 6.45) is 5.53. The van der Waals surface area contributed by atoms with Gasteiger partial charge in [0.05, 0.1) is 14.2 Å². The highest BCUT2D eigenvalue weighted by Gasteiger charge is 2.24. The second-order valence-electron chi connectivity index (χ2n) is 9.43. The van der Waals surface area contributed by atoms with Crippen molar-refractivity contribution in [1.29, 1.82) is 0 Å². The van der Waals surface area contributed by atoms with Crippen LogP contribution in [-0.2, 0) is 19.5 Å². The van der Waals surface area contributed by atoms with Gasteiger partial charge in [-0.1, -0.05) is 6.07 Å². The van der Waals surface area contributed by atoms with Crippen LogP contribution in [0.1, 0.15) is 45.8 Å². The highest BCUT2D eigenvalue weighted by Crippen LogP contribution is 2.36. The van der Waals surface area contributed by atoms with Crippen molar-refractivity contribution in [3.8, 4) is 11.5 Å². The maximum absolute atomic E-state index is 11.6. The molecular weight excluding hydrogens is 472 g/mol. The lowest BCUT2D eigenvalue weighted by molar-refractivity contribution is 0.0693. The molecule has 0 radical (unpaired) electrons. The summed E-state index contributed by atoms with van der Waals surface area (Å²) < 4.78 is 13.2. The quantitative estimate of drug-likeness (QED) is 0.301. The predicted octanol–water partition coefficient (Wildman–Crippen LogP) is 6.04. The molecule has 0 aliphatic carbocycles. The Morgan fingerprint density at radius 2 is 1.89 bits per heavy atom. The first-order valence-corrected chi connectivity index (χ1v) is 13.3. The van der Waals surface area contributed by atoms with Crippen molar-refractivity contribution in [1.82, 2.24) is 9.47 Å². The average Bonchev–Trinajstić information content (AvgIpc) is 3.55. The van der Waals surface area contributed by atoms with E-state index in [0.29, 0.717) is 11.7 Å². The van der Waals surface area contributed by atoms with Crippen LogP contribution in [0.3, 0.4) is 0 Å². The number of carbonyl (C=O) groups is 1. The highest BCUT2D eigenvalue weighted by atomic mass is 32.1. The fourth-order valence-electron chi connectivity index (χ4n) is 5.31. The van der Waals surface area contributed by atoms with Gasteiger partial charge in [-0.05, 0) is 102 Å². The number of hydrogen-bond acceptors (Lipinski definition) is 5. The fraction of sp³-hybridized carbons (Fsp3) is 0.345. The molecule has 7 heteroatoms. The molecule has 0 saturated carbocycles. The number of ether oxygens (including phenoxy) is 2. The lowest BCUT2D eigenvalue weighted by Gasteiger charge is -2.32. The van der Waals surface area contributed by atoms with E-state index in [9.17, 15) is 9.90 Å². The molecule has 0 amide bonds. The second kappa shape index (κ2) is 10.8. The average molecular weight is 505 g/mol. The number of rotatable bonds is 9. The van der Waals surface area contributed by atoms with Gasteiger partial charge < -0.3 is 19.1 Å². The van der Waals surface area contributed by atoms with Gasteiger partial charge in [-0.25, -0.2) is 4.79 Å². The van der Waals surface area contributed by atoms with Crippen LogP contribution in [-0.4, -0.2) is 47.9 Å². The van der Waals surface area contributed by atoms with Gasteiger partial charge in [-0.2, -0.15) is 11.3 Å². The fourth-order valence-corrected chi connectivity index (χ4v) is 6.01. The molecule has 6 nitrogen and oxygen atoms in total. The zero-order valence-corrected chi connectivity index (χ0v) is 21.6. The summed E-state index contributed by atoms with van der Waals surface area (Å²) in [7, 11) is 3.22. The number of aromatic nitrogens is 1. The molecular formula is C29H32N2O4S. The van der Waals surface area contributed by atoms with Gasteiger partial charge in [0, 0.05) is 30.2 Å². The zero-order chi connectivity index (χ0) is 25.1. The van der Waals surface area contributed by atoms with Gasteiger partial charge in [0.25, 0.3) is 0 Å². The van der Waals surface area contributed by atoms with Crippen molar-refractivity contribution in [3.05, 3.63) is 81.7 Å². The Bertz CT molecular complexity index is 1340. The van der Waals surface area contributed by atoms with E-state index < -0.39 is 5.97 Å². The Balaban J connectivity index is 1.31. The number of nitrogens with zero attached hydrogens (tertiary/aromatic N) is 2. The molecule has 2 aromatic heterocycles. The minimum absolute atomic E-state index is 0.217. The van der Waals surface area contributed by atoms with E-state index >= 15 is 0 Å². The van der Waals surface area contributed by atoms with E-state index in [1.165, 1.54) is 29.1 Å². The molecule has 0 unspecified atom stereocenters. The predicted molar refractivity (Wildman–Crippen MR) is 144 cm³/mol. The van der Waals surface area contributed by atoms with Crippen LogP contribution in [0.2, 0.25) is 0 Å². The summed E-state index contributed by atoms with van der Waals surface area (Å²) in [5, 5.41) is 15.2. The normalized spacial score (nSPS) is 14.8. The van der Waals surface area contributed by atoms with Gasteiger partial charge in [-0.15, -0.1) is 0 Å². The van der Waals surface area contributed by atoms with Crippen LogP contribution >= 0.6 is 11.3 Å². The Morgan fingerprint density at radius 3 is 2.58 bits per heavy atom. The van der Waals surface area contributed by atoms with E-state index in [1.54, 1.807) is 30.6 Å². The van der Waals surface area contributed by atoms with Crippen molar-refractivity contribution in [3.63, 3.8) is 0 Å². The third-order valence-electron chi connectivity index (χ3n) is 7.27. The Labute approximate surface area is 215 Å². The maximum atomic E-state index is 11.6. The molecule has 1 fully saturated rings. The first-order valence-electron chi connectivity index (χ1n) is 12.4. The molecule has 3 heterocycles. The first-order chi connectivity index (χ1) is 17.6. The van der Waals surface area contributed by atoms with Gasteiger partial charge in [0.15, 0.2) is 0 Å². The van der Waals surface area contributed by atoms with E-state index in [4.69, 9.17) is 9.47 Å². The molecule has 4 aromatic rings. The number of likely N-dealkylation sites (tertiary alicyclic amines) is 1.